The van der Waals surface area contributed by atoms with Crippen LogP contribution in [0.25, 0.3) is 5.57 Å². The Hall–Kier alpha value is -1.84. The number of hydrogen-bond donors (Lipinski definition) is 1. The molecule has 0 heterocycles. The van der Waals surface area contributed by atoms with Gasteiger partial charge < -0.3 is 9.84 Å². The molecule has 0 saturated carbocycles. The highest BCUT2D eigenvalue weighted by atomic mass is 19.1. The van der Waals surface area contributed by atoms with Gasteiger partial charge in [-0.2, -0.15) is 0 Å². The van der Waals surface area contributed by atoms with Gasteiger partial charge in [0.05, 0.1) is 6.61 Å². The Bertz CT molecular complexity index is 452. The van der Waals surface area contributed by atoms with Gasteiger partial charge in [-0.1, -0.05) is 13.3 Å². The normalized spacial score (nSPS) is 11.4. The van der Waals surface area contributed by atoms with Crippen LogP contribution in [0.5, 0.6) is 5.75 Å². The van der Waals surface area contributed by atoms with Crippen LogP contribution in [0.3, 0.4) is 0 Å². The maximum absolute atomic E-state index is 13.3. The fraction of sp³-hybridized carbons (Fsp3) is 0.357. The lowest BCUT2D eigenvalue weighted by molar-refractivity contribution is -0.131. The monoisotopic (exact) mass is 252 g/mol. The smallest absolute Gasteiger partial charge is 0.328 e. The molecule has 0 aromatic heterocycles. The van der Waals surface area contributed by atoms with E-state index in [4.69, 9.17) is 9.84 Å². The van der Waals surface area contributed by atoms with Gasteiger partial charge in [-0.05, 0) is 37.1 Å². The zero-order chi connectivity index (χ0) is 13.5. The van der Waals surface area contributed by atoms with Crippen molar-refractivity contribution >= 4 is 11.5 Å². The van der Waals surface area contributed by atoms with Crippen molar-refractivity contribution in [2.45, 2.75) is 26.7 Å². The third kappa shape index (κ3) is 3.87. The van der Waals surface area contributed by atoms with Gasteiger partial charge in [-0.25, -0.2) is 9.18 Å². The van der Waals surface area contributed by atoms with Gasteiger partial charge in [0.1, 0.15) is 11.6 Å². The molecule has 0 radical (unpaired) electrons. The molecule has 4 heteroatoms. The summed E-state index contributed by atoms with van der Waals surface area (Å²) in [6.07, 6.45) is 2.46. The Kier molecular flexibility index (Phi) is 5.36. The molecule has 0 atom stereocenters. The van der Waals surface area contributed by atoms with Gasteiger partial charge in [0, 0.05) is 11.6 Å². The van der Waals surface area contributed by atoms with Crippen LogP contribution in [0.1, 0.15) is 32.3 Å². The molecular formula is C14H17FO3. The fourth-order valence-corrected chi connectivity index (χ4v) is 1.74. The van der Waals surface area contributed by atoms with Crippen LogP contribution in [-0.2, 0) is 4.79 Å². The van der Waals surface area contributed by atoms with Gasteiger partial charge in [-0.3, -0.25) is 0 Å². The van der Waals surface area contributed by atoms with Crippen LogP contribution in [0, 0.1) is 5.82 Å². The van der Waals surface area contributed by atoms with E-state index < -0.39 is 11.8 Å². The zero-order valence-electron chi connectivity index (χ0n) is 10.6. The molecule has 0 saturated heterocycles. The van der Waals surface area contributed by atoms with E-state index in [2.05, 4.69) is 0 Å². The Labute approximate surface area is 106 Å². The first-order valence-corrected chi connectivity index (χ1v) is 5.94. The lowest BCUT2D eigenvalue weighted by Gasteiger charge is -2.12. The zero-order valence-corrected chi connectivity index (χ0v) is 10.6. The number of allylic oxidation sites excluding steroid dienone is 1. The van der Waals surface area contributed by atoms with Crippen molar-refractivity contribution in [1.29, 1.82) is 0 Å². The van der Waals surface area contributed by atoms with Crippen molar-refractivity contribution in [3.63, 3.8) is 0 Å². The van der Waals surface area contributed by atoms with E-state index in [-0.39, 0.29) is 0 Å². The first-order chi connectivity index (χ1) is 8.58. The summed E-state index contributed by atoms with van der Waals surface area (Å²) in [6, 6.07) is 4.15. The third-order valence-electron chi connectivity index (χ3n) is 2.40. The molecule has 0 aliphatic heterocycles. The quantitative estimate of drug-likeness (QED) is 0.788. The molecule has 0 unspecified atom stereocenters. The Morgan fingerprint density at radius 3 is 2.72 bits per heavy atom. The van der Waals surface area contributed by atoms with Crippen molar-refractivity contribution in [3.8, 4) is 5.75 Å². The summed E-state index contributed by atoms with van der Waals surface area (Å²) >= 11 is 0. The molecular weight excluding hydrogens is 235 g/mol. The summed E-state index contributed by atoms with van der Waals surface area (Å²) < 4.78 is 18.7. The molecule has 0 fully saturated rings. The fourth-order valence-electron chi connectivity index (χ4n) is 1.74. The number of rotatable bonds is 6. The summed E-state index contributed by atoms with van der Waals surface area (Å²) in [7, 11) is 0. The molecule has 0 aliphatic rings. The van der Waals surface area contributed by atoms with Gasteiger partial charge in [0.25, 0.3) is 0 Å². The molecule has 1 rings (SSSR count). The maximum atomic E-state index is 13.3. The molecule has 0 aliphatic carbocycles. The standard InChI is InChI=1S/C14H17FO3/c1-3-5-10(8-14(16)17)12-9-11(15)6-7-13(12)18-4-2/h6-9H,3-5H2,1-2H3,(H,16,17)/b10-8+. The Balaban J connectivity index is 3.24. The van der Waals surface area contributed by atoms with E-state index in [0.29, 0.717) is 29.9 Å². The van der Waals surface area contributed by atoms with Gasteiger partial charge in [0.15, 0.2) is 0 Å². The van der Waals surface area contributed by atoms with Crippen LogP contribution >= 0.6 is 0 Å². The summed E-state index contributed by atoms with van der Waals surface area (Å²) in [5, 5.41) is 8.85. The largest absolute Gasteiger partial charge is 0.493 e. The molecule has 0 spiro atoms. The minimum Gasteiger partial charge on any atom is -0.493 e. The van der Waals surface area contributed by atoms with Crippen LogP contribution in [0.2, 0.25) is 0 Å². The van der Waals surface area contributed by atoms with Crippen molar-refractivity contribution in [1.82, 2.24) is 0 Å². The van der Waals surface area contributed by atoms with Crippen LogP contribution in [0.4, 0.5) is 4.39 Å². The molecule has 0 amide bonds. The SMILES string of the molecule is CCC/C(=C\C(=O)O)c1cc(F)ccc1OCC. The molecule has 18 heavy (non-hydrogen) atoms. The van der Waals surface area contributed by atoms with Crippen LogP contribution < -0.4 is 4.74 Å². The van der Waals surface area contributed by atoms with Gasteiger partial charge >= 0.3 is 5.97 Å². The lowest BCUT2D eigenvalue weighted by Crippen LogP contribution is -1.99. The van der Waals surface area contributed by atoms with E-state index in [0.717, 1.165) is 12.5 Å². The van der Waals surface area contributed by atoms with E-state index >= 15 is 0 Å². The minimum atomic E-state index is -1.04. The predicted molar refractivity (Wildman–Crippen MR) is 68.1 cm³/mol. The maximum Gasteiger partial charge on any atom is 0.328 e. The second-order valence-electron chi connectivity index (χ2n) is 3.83. The minimum absolute atomic E-state index is 0.402. The van der Waals surface area contributed by atoms with E-state index in [1.54, 1.807) is 0 Å². The van der Waals surface area contributed by atoms with Crippen molar-refractivity contribution in [2.24, 2.45) is 0 Å². The van der Waals surface area contributed by atoms with E-state index in [1.165, 1.54) is 18.2 Å². The summed E-state index contributed by atoms with van der Waals surface area (Å²) in [6.45, 7) is 4.22. The number of ether oxygens (including phenoxy) is 1. The molecule has 1 aromatic carbocycles. The van der Waals surface area contributed by atoms with Crippen molar-refractivity contribution < 1.29 is 19.0 Å². The average Bonchev–Trinajstić information content (AvgIpc) is 2.30. The predicted octanol–water partition coefficient (Wildman–Crippen LogP) is 3.49. The van der Waals surface area contributed by atoms with Crippen molar-refractivity contribution in [3.05, 3.63) is 35.7 Å². The average molecular weight is 252 g/mol. The molecule has 1 aromatic rings. The van der Waals surface area contributed by atoms with Crippen molar-refractivity contribution in [2.75, 3.05) is 6.61 Å². The summed E-state index contributed by atoms with van der Waals surface area (Å²) in [5.41, 5.74) is 1.09. The number of aliphatic carboxylic acids is 1. The molecule has 98 valence electrons. The summed E-state index contributed by atoms with van der Waals surface area (Å²) in [4.78, 5) is 10.8. The Morgan fingerprint density at radius 2 is 2.17 bits per heavy atom. The highest BCUT2D eigenvalue weighted by molar-refractivity contribution is 5.91. The molecule has 1 N–H and O–H groups in total. The molecule has 3 nitrogen and oxygen atoms in total. The first kappa shape index (κ1) is 14.2. The molecule has 0 bridgehead atoms. The third-order valence-corrected chi connectivity index (χ3v) is 2.40. The number of hydrogen-bond acceptors (Lipinski definition) is 2. The first-order valence-electron chi connectivity index (χ1n) is 5.94. The Morgan fingerprint density at radius 1 is 1.44 bits per heavy atom. The van der Waals surface area contributed by atoms with Crippen LogP contribution in [0.15, 0.2) is 24.3 Å². The highest BCUT2D eigenvalue weighted by Gasteiger charge is 2.11. The lowest BCUT2D eigenvalue weighted by atomic mass is 10.00. The van der Waals surface area contributed by atoms with E-state index in [9.17, 15) is 9.18 Å². The second kappa shape index (κ2) is 6.79. The number of carbonyl (C=O) groups is 1. The van der Waals surface area contributed by atoms with Crippen LogP contribution in [-0.4, -0.2) is 17.7 Å². The number of halogens is 1. The van der Waals surface area contributed by atoms with Gasteiger partial charge in [0.2, 0.25) is 0 Å². The highest BCUT2D eigenvalue weighted by Crippen LogP contribution is 2.30. The number of carboxylic acid groups (broad SMARTS) is 1. The van der Waals surface area contributed by atoms with Gasteiger partial charge in [-0.15, -0.1) is 0 Å². The van der Waals surface area contributed by atoms with E-state index in [1.807, 2.05) is 13.8 Å². The number of benzene rings is 1. The second-order valence-corrected chi connectivity index (χ2v) is 3.83. The topological polar surface area (TPSA) is 46.5 Å². The number of carboxylic acids is 1. The summed E-state index contributed by atoms with van der Waals surface area (Å²) in [5.74, 6) is -0.925.